The fraction of sp³-hybridized carbons (Fsp3) is 0.424. The molecule has 41 heavy (non-hydrogen) atoms. The number of carbonyl (C=O) groups is 3. The number of para-hydroxylation sites is 1. The quantitative estimate of drug-likeness (QED) is 0.392. The Morgan fingerprint density at radius 1 is 0.976 bits per heavy atom. The summed E-state index contributed by atoms with van der Waals surface area (Å²) in [6.07, 6.45) is 2.13. The summed E-state index contributed by atoms with van der Waals surface area (Å²) in [5.41, 5.74) is 3.31. The highest BCUT2D eigenvalue weighted by Crippen LogP contribution is 2.55. The zero-order valence-electron chi connectivity index (χ0n) is 24.2. The second-order valence-electron chi connectivity index (χ2n) is 12.8. The Kier molecular flexibility index (Phi) is 7.62. The molecular weight excluding hydrogens is 543 g/mol. The van der Waals surface area contributed by atoms with E-state index in [4.69, 9.17) is 16.3 Å². The number of hydrogen-bond acceptors (Lipinski definition) is 5. The number of rotatable bonds is 6. The number of Topliss-reactive ketones (excluding diaryl/α,β-unsaturated/α-hetero) is 2. The maximum Gasteiger partial charge on any atom is 0.262 e. The predicted molar refractivity (Wildman–Crippen MR) is 157 cm³/mol. The van der Waals surface area contributed by atoms with Crippen LogP contribution in [0.15, 0.2) is 65.0 Å². The molecule has 0 saturated heterocycles. The average molecular weight is 579 g/mol. The monoisotopic (exact) mass is 578 g/mol. The topological polar surface area (TPSA) is 75.7 Å². The molecule has 0 atom stereocenters. The summed E-state index contributed by atoms with van der Waals surface area (Å²) in [5.74, 6) is -1.38. The molecule has 0 bridgehead atoms. The van der Waals surface area contributed by atoms with Crippen LogP contribution in [0.1, 0.15) is 71.8 Å². The van der Waals surface area contributed by atoms with Crippen molar-refractivity contribution >= 4 is 34.8 Å². The van der Waals surface area contributed by atoms with Crippen molar-refractivity contribution in [2.75, 3.05) is 18.5 Å². The number of nitrogens with one attached hydrogen (secondary N) is 1. The second-order valence-corrected chi connectivity index (χ2v) is 13.2. The van der Waals surface area contributed by atoms with Crippen molar-refractivity contribution in [3.8, 4) is 5.75 Å². The summed E-state index contributed by atoms with van der Waals surface area (Å²) < 4.78 is 20.1. The van der Waals surface area contributed by atoms with Crippen LogP contribution >= 0.6 is 11.6 Å². The van der Waals surface area contributed by atoms with Gasteiger partial charge in [-0.1, -0.05) is 51.4 Å². The van der Waals surface area contributed by atoms with Gasteiger partial charge in [-0.25, -0.2) is 4.39 Å². The van der Waals surface area contributed by atoms with Crippen LogP contribution in [0.4, 0.5) is 10.1 Å². The van der Waals surface area contributed by atoms with Crippen LogP contribution in [0.2, 0.25) is 5.02 Å². The third-order valence-electron chi connectivity index (χ3n) is 8.13. The molecule has 0 aromatic heterocycles. The van der Waals surface area contributed by atoms with Crippen molar-refractivity contribution in [3.05, 3.63) is 81.4 Å². The number of amides is 1. The van der Waals surface area contributed by atoms with Crippen molar-refractivity contribution in [3.63, 3.8) is 0 Å². The summed E-state index contributed by atoms with van der Waals surface area (Å²) >= 11 is 6.50. The Morgan fingerprint density at radius 3 is 2.12 bits per heavy atom. The maximum absolute atomic E-state index is 14.1. The van der Waals surface area contributed by atoms with E-state index >= 15 is 0 Å². The Hall–Kier alpha value is -3.45. The lowest BCUT2D eigenvalue weighted by atomic mass is 9.63. The molecular formula is C33H36ClFN2O4. The number of carbonyl (C=O) groups excluding carboxylic acids is 3. The molecule has 8 heteroatoms. The molecule has 6 nitrogen and oxygen atoms in total. The minimum absolute atomic E-state index is 0.00658. The van der Waals surface area contributed by atoms with E-state index < -0.39 is 24.2 Å². The molecule has 1 heterocycles. The van der Waals surface area contributed by atoms with Gasteiger partial charge in [-0.15, -0.1) is 0 Å². The van der Waals surface area contributed by atoms with Crippen LogP contribution in [-0.2, 0) is 14.4 Å². The highest BCUT2D eigenvalue weighted by atomic mass is 35.5. The lowest BCUT2D eigenvalue weighted by Gasteiger charge is -2.49. The number of nitrogens with zero attached hydrogens (tertiary/aromatic N) is 1. The van der Waals surface area contributed by atoms with Crippen LogP contribution in [0.3, 0.4) is 0 Å². The number of halogens is 2. The zero-order valence-corrected chi connectivity index (χ0v) is 25.0. The molecule has 1 aliphatic heterocycles. The lowest BCUT2D eigenvalue weighted by Crippen LogP contribution is -2.44. The molecule has 3 aliphatic rings. The molecule has 1 N–H and O–H groups in total. The van der Waals surface area contributed by atoms with Crippen molar-refractivity contribution in [1.29, 1.82) is 0 Å². The third-order valence-corrected chi connectivity index (χ3v) is 8.36. The predicted octanol–water partition coefficient (Wildman–Crippen LogP) is 7.20. The van der Waals surface area contributed by atoms with Gasteiger partial charge in [-0.3, -0.25) is 14.4 Å². The number of allylic oxidation sites excluding steroid dienone is 4. The molecule has 0 unspecified atom stereocenters. The minimum atomic E-state index is -0.654. The van der Waals surface area contributed by atoms with E-state index in [0.29, 0.717) is 59.7 Å². The van der Waals surface area contributed by atoms with Gasteiger partial charge in [0, 0.05) is 58.4 Å². The van der Waals surface area contributed by atoms with E-state index in [9.17, 15) is 18.8 Å². The third kappa shape index (κ3) is 5.69. The van der Waals surface area contributed by atoms with Crippen molar-refractivity contribution in [2.45, 2.75) is 66.2 Å². The van der Waals surface area contributed by atoms with Crippen LogP contribution < -0.4 is 10.1 Å². The molecule has 1 amide bonds. The average Bonchev–Trinajstić information content (AvgIpc) is 2.87. The lowest BCUT2D eigenvalue weighted by molar-refractivity contribution is -0.120. The van der Waals surface area contributed by atoms with E-state index in [1.807, 2.05) is 0 Å². The molecule has 2 aromatic carbocycles. The fourth-order valence-corrected chi connectivity index (χ4v) is 6.69. The van der Waals surface area contributed by atoms with Crippen LogP contribution in [0, 0.1) is 16.6 Å². The minimum Gasteiger partial charge on any atom is -0.483 e. The normalized spacial score (nSPS) is 20.1. The van der Waals surface area contributed by atoms with Crippen molar-refractivity contribution in [1.82, 2.24) is 4.90 Å². The van der Waals surface area contributed by atoms with E-state index in [1.54, 1.807) is 30.3 Å². The van der Waals surface area contributed by atoms with E-state index in [1.165, 1.54) is 12.1 Å². The first-order valence-electron chi connectivity index (χ1n) is 14.1. The molecule has 2 aromatic rings. The van der Waals surface area contributed by atoms with Gasteiger partial charge in [-0.05, 0) is 60.9 Å². The molecule has 2 aliphatic carbocycles. The Labute approximate surface area is 245 Å². The van der Waals surface area contributed by atoms with Crippen LogP contribution in [-0.4, -0.2) is 35.5 Å². The summed E-state index contributed by atoms with van der Waals surface area (Å²) in [6.45, 7) is 10.7. The SMILES string of the molecule is CCN1C2=C(C(=O)CC(C)(C)C2)C(c2cc(Cl)ccc2OCC(=O)Nc2ccccc2F)C2=C1CC(C)(C)CC2=O. The van der Waals surface area contributed by atoms with E-state index in [2.05, 4.69) is 44.8 Å². The van der Waals surface area contributed by atoms with Crippen molar-refractivity contribution < 1.29 is 23.5 Å². The summed E-state index contributed by atoms with van der Waals surface area (Å²) in [6, 6.07) is 10.9. The molecule has 0 fully saturated rings. The standard InChI is InChI=1S/C33H36ClFN2O4/c1-6-37-23-14-32(2,3)16-25(38)30(23)29(31-24(37)15-33(4,5)17-26(31)39)20-13-19(34)11-12-27(20)41-18-28(40)36-22-10-8-7-9-21(22)35/h7-13,29H,6,14-18H2,1-5H3,(H,36,40). The van der Waals surface area contributed by atoms with Gasteiger partial charge >= 0.3 is 0 Å². The highest BCUT2D eigenvalue weighted by Gasteiger charge is 2.49. The van der Waals surface area contributed by atoms with Gasteiger partial charge in [0.05, 0.1) is 5.69 Å². The molecule has 0 saturated carbocycles. The zero-order chi connectivity index (χ0) is 29.7. The van der Waals surface area contributed by atoms with E-state index in [0.717, 1.165) is 11.4 Å². The largest absolute Gasteiger partial charge is 0.483 e. The maximum atomic E-state index is 14.1. The summed E-state index contributed by atoms with van der Waals surface area (Å²) in [4.78, 5) is 42.7. The first-order chi connectivity index (χ1) is 19.3. The molecule has 0 radical (unpaired) electrons. The number of anilines is 1. The van der Waals surface area contributed by atoms with Crippen LogP contribution in [0.25, 0.3) is 0 Å². The van der Waals surface area contributed by atoms with Gasteiger partial charge in [0.2, 0.25) is 0 Å². The smallest absolute Gasteiger partial charge is 0.262 e. The number of hydrogen-bond donors (Lipinski definition) is 1. The number of ketones is 2. The first kappa shape index (κ1) is 29.1. The summed E-state index contributed by atoms with van der Waals surface area (Å²) in [7, 11) is 0. The van der Waals surface area contributed by atoms with Gasteiger partial charge in [0.1, 0.15) is 11.6 Å². The van der Waals surface area contributed by atoms with Gasteiger partial charge in [0.15, 0.2) is 18.2 Å². The second kappa shape index (κ2) is 10.8. The van der Waals surface area contributed by atoms with Gasteiger partial charge < -0.3 is 15.0 Å². The molecule has 216 valence electrons. The molecule has 5 rings (SSSR count). The van der Waals surface area contributed by atoms with E-state index in [-0.39, 0.29) is 28.1 Å². The van der Waals surface area contributed by atoms with Gasteiger partial charge in [-0.2, -0.15) is 0 Å². The Morgan fingerprint density at radius 2 is 1.56 bits per heavy atom. The number of benzene rings is 2. The summed E-state index contributed by atoms with van der Waals surface area (Å²) in [5, 5.41) is 2.96. The highest BCUT2D eigenvalue weighted by molar-refractivity contribution is 6.30. The number of ether oxygens (including phenoxy) is 1. The Bertz CT molecular complexity index is 1450. The molecule has 0 spiro atoms. The van der Waals surface area contributed by atoms with Crippen LogP contribution in [0.5, 0.6) is 5.75 Å². The van der Waals surface area contributed by atoms with Crippen molar-refractivity contribution in [2.24, 2.45) is 10.8 Å². The Balaban J connectivity index is 1.60. The fourth-order valence-electron chi connectivity index (χ4n) is 6.51. The van der Waals surface area contributed by atoms with Gasteiger partial charge in [0.25, 0.3) is 5.91 Å². The first-order valence-corrected chi connectivity index (χ1v) is 14.4.